The van der Waals surface area contributed by atoms with Crippen molar-refractivity contribution in [3.05, 3.63) is 36.4 Å². The standard InChI is InChI=1S/C15H20N4/c1-4-19(5-2)14-11-13(16-3)17-15(18-14)12-9-7-6-8-10-12/h6-11H,4-5H2,1-3H3,(H,16,17,18). The van der Waals surface area contributed by atoms with Crippen LogP contribution in [-0.4, -0.2) is 30.1 Å². The largest absolute Gasteiger partial charge is 0.373 e. The Balaban J connectivity index is 2.47. The fourth-order valence-electron chi connectivity index (χ4n) is 1.99. The third-order valence-corrected chi connectivity index (χ3v) is 3.09. The molecule has 0 fully saturated rings. The van der Waals surface area contributed by atoms with E-state index in [2.05, 4.69) is 34.0 Å². The number of rotatable bonds is 5. The minimum atomic E-state index is 0.759. The molecule has 0 amide bonds. The van der Waals surface area contributed by atoms with E-state index in [0.717, 1.165) is 36.1 Å². The predicted octanol–water partition coefficient (Wildman–Crippen LogP) is 3.03. The van der Waals surface area contributed by atoms with Crippen LogP contribution in [0.15, 0.2) is 36.4 Å². The normalized spacial score (nSPS) is 10.3. The number of hydrogen-bond donors (Lipinski definition) is 1. The smallest absolute Gasteiger partial charge is 0.163 e. The van der Waals surface area contributed by atoms with E-state index >= 15 is 0 Å². The first-order chi connectivity index (χ1) is 9.28. The Labute approximate surface area is 114 Å². The molecule has 0 radical (unpaired) electrons. The van der Waals surface area contributed by atoms with Gasteiger partial charge in [-0.3, -0.25) is 0 Å². The van der Waals surface area contributed by atoms with Crippen molar-refractivity contribution in [1.29, 1.82) is 0 Å². The number of nitrogens with one attached hydrogen (secondary N) is 1. The maximum Gasteiger partial charge on any atom is 0.163 e. The summed E-state index contributed by atoms with van der Waals surface area (Å²) >= 11 is 0. The molecule has 0 aliphatic carbocycles. The van der Waals surface area contributed by atoms with Crippen LogP contribution in [0.25, 0.3) is 11.4 Å². The Morgan fingerprint density at radius 3 is 2.32 bits per heavy atom. The summed E-state index contributed by atoms with van der Waals surface area (Å²) in [6.45, 7) is 6.13. The summed E-state index contributed by atoms with van der Waals surface area (Å²) in [5.41, 5.74) is 1.04. The first-order valence-electron chi connectivity index (χ1n) is 6.65. The van der Waals surface area contributed by atoms with Gasteiger partial charge < -0.3 is 10.2 Å². The second kappa shape index (κ2) is 6.18. The van der Waals surface area contributed by atoms with Gasteiger partial charge >= 0.3 is 0 Å². The van der Waals surface area contributed by atoms with Crippen molar-refractivity contribution in [3.8, 4) is 11.4 Å². The quantitative estimate of drug-likeness (QED) is 0.892. The van der Waals surface area contributed by atoms with Gasteiger partial charge in [0.15, 0.2) is 5.82 Å². The zero-order valence-corrected chi connectivity index (χ0v) is 11.7. The highest BCUT2D eigenvalue weighted by Crippen LogP contribution is 2.21. The summed E-state index contributed by atoms with van der Waals surface area (Å²) in [5, 5.41) is 3.10. The van der Waals surface area contributed by atoms with Gasteiger partial charge in [0.05, 0.1) is 0 Å². The molecule has 19 heavy (non-hydrogen) atoms. The van der Waals surface area contributed by atoms with E-state index in [1.165, 1.54) is 0 Å². The highest BCUT2D eigenvalue weighted by molar-refractivity contribution is 5.61. The maximum absolute atomic E-state index is 4.67. The molecule has 0 spiro atoms. The molecule has 0 saturated heterocycles. The molecule has 100 valence electrons. The minimum Gasteiger partial charge on any atom is -0.373 e. The van der Waals surface area contributed by atoms with Crippen LogP contribution in [0.4, 0.5) is 11.6 Å². The van der Waals surface area contributed by atoms with Crippen LogP contribution < -0.4 is 10.2 Å². The van der Waals surface area contributed by atoms with E-state index in [1.54, 1.807) is 0 Å². The molecule has 0 saturated carbocycles. The van der Waals surface area contributed by atoms with E-state index in [9.17, 15) is 0 Å². The van der Waals surface area contributed by atoms with Crippen LogP contribution in [-0.2, 0) is 0 Å². The first-order valence-corrected chi connectivity index (χ1v) is 6.65. The average Bonchev–Trinajstić information content (AvgIpc) is 2.49. The third kappa shape index (κ3) is 3.02. The Bertz CT molecular complexity index is 521. The molecule has 0 atom stereocenters. The van der Waals surface area contributed by atoms with E-state index in [0.29, 0.717) is 0 Å². The van der Waals surface area contributed by atoms with Crippen molar-refractivity contribution in [2.24, 2.45) is 0 Å². The van der Waals surface area contributed by atoms with Crippen LogP contribution in [0.1, 0.15) is 13.8 Å². The molecule has 2 rings (SSSR count). The number of aromatic nitrogens is 2. The average molecular weight is 256 g/mol. The number of anilines is 2. The third-order valence-electron chi connectivity index (χ3n) is 3.09. The second-order valence-corrected chi connectivity index (χ2v) is 4.22. The molecule has 1 N–H and O–H groups in total. The molecule has 4 heteroatoms. The number of hydrogen-bond acceptors (Lipinski definition) is 4. The lowest BCUT2D eigenvalue weighted by molar-refractivity contribution is 0.843. The SMILES string of the molecule is CCN(CC)c1cc(NC)nc(-c2ccccc2)n1. The van der Waals surface area contributed by atoms with E-state index in [1.807, 2.05) is 43.4 Å². The van der Waals surface area contributed by atoms with Gasteiger partial charge in [-0.15, -0.1) is 0 Å². The minimum absolute atomic E-state index is 0.759. The van der Waals surface area contributed by atoms with Crippen molar-refractivity contribution in [3.63, 3.8) is 0 Å². The summed E-state index contributed by atoms with van der Waals surface area (Å²) in [5.74, 6) is 2.56. The summed E-state index contributed by atoms with van der Waals surface area (Å²) in [6, 6.07) is 12.0. The number of nitrogens with zero attached hydrogens (tertiary/aromatic N) is 3. The second-order valence-electron chi connectivity index (χ2n) is 4.22. The van der Waals surface area contributed by atoms with Crippen molar-refractivity contribution in [1.82, 2.24) is 9.97 Å². The molecular weight excluding hydrogens is 236 g/mol. The fraction of sp³-hybridized carbons (Fsp3) is 0.333. The van der Waals surface area contributed by atoms with Gasteiger partial charge in [-0.05, 0) is 13.8 Å². The maximum atomic E-state index is 4.67. The first kappa shape index (κ1) is 13.3. The molecule has 1 aromatic heterocycles. The predicted molar refractivity (Wildman–Crippen MR) is 80.6 cm³/mol. The highest BCUT2D eigenvalue weighted by Gasteiger charge is 2.09. The van der Waals surface area contributed by atoms with Gasteiger partial charge in [0.25, 0.3) is 0 Å². The van der Waals surface area contributed by atoms with Crippen molar-refractivity contribution in [2.45, 2.75) is 13.8 Å². The topological polar surface area (TPSA) is 41.0 Å². The molecule has 4 nitrogen and oxygen atoms in total. The van der Waals surface area contributed by atoms with Gasteiger partial charge in [0.1, 0.15) is 11.6 Å². The molecule has 0 bridgehead atoms. The highest BCUT2D eigenvalue weighted by atomic mass is 15.2. The van der Waals surface area contributed by atoms with Gasteiger partial charge in [0.2, 0.25) is 0 Å². The Kier molecular flexibility index (Phi) is 4.34. The lowest BCUT2D eigenvalue weighted by Gasteiger charge is -2.20. The van der Waals surface area contributed by atoms with E-state index < -0.39 is 0 Å². The monoisotopic (exact) mass is 256 g/mol. The summed E-state index contributed by atoms with van der Waals surface area (Å²) in [4.78, 5) is 11.4. The lowest BCUT2D eigenvalue weighted by Crippen LogP contribution is -2.23. The fourth-order valence-corrected chi connectivity index (χ4v) is 1.99. The van der Waals surface area contributed by atoms with Crippen molar-refractivity contribution >= 4 is 11.6 Å². The van der Waals surface area contributed by atoms with Crippen LogP contribution in [0.3, 0.4) is 0 Å². The van der Waals surface area contributed by atoms with Crippen molar-refractivity contribution in [2.75, 3.05) is 30.4 Å². The molecule has 2 aromatic rings. The molecule has 1 aromatic carbocycles. The van der Waals surface area contributed by atoms with Crippen LogP contribution in [0, 0.1) is 0 Å². The Hall–Kier alpha value is -2.10. The van der Waals surface area contributed by atoms with E-state index in [4.69, 9.17) is 0 Å². The van der Waals surface area contributed by atoms with Crippen molar-refractivity contribution < 1.29 is 0 Å². The summed E-state index contributed by atoms with van der Waals surface area (Å²) < 4.78 is 0. The lowest BCUT2D eigenvalue weighted by atomic mass is 10.2. The van der Waals surface area contributed by atoms with Crippen LogP contribution >= 0.6 is 0 Å². The van der Waals surface area contributed by atoms with Gasteiger partial charge in [0, 0.05) is 31.8 Å². The van der Waals surface area contributed by atoms with Crippen LogP contribution in [0.5, 0.6) is 0 Å². The zero-order valence-electron chi connectivity index (χ0n) is 11.7. The zero-order chi connectivity index (χ0) is 13.7. The summed E-state index contributed by atoms with van der Waals surface area (Å²) in [6.07, 6.45) is 0. The molecule has 0 aliphatic rings. The summed E-state index contributed by atoms with van der Waals surface area (Å²) in [7, 11) is 1.88. The van der Waals surface area contributed by atoms with Crippen LogP contribution in [0.2, 0.25) is 0 Å². The molecule has 0 unspecified atom stereocenters. The Morgan fingerprint density at radius 1 is 1.05 bits per heavy atom. The van der Waals surface area contributed by atoms with Gasteiger partial charge in [-0.2, -0.15) is 0 Å². The number of benzene rings is 1. The molecular formula is C15H20N4. The molecule has 0 aliphatic heterocycles. The molecule has 1 heterocycles. The van der Waals surface area contributed by atoms with Gasteiger partial charge in [-0.1, -0.05) is 30.3 Å². The van der Waals surface area contributed by atoms with Gasteiger partial charge in [-0.25, -0.2) is 9.97 Å². The Morgan fingerprint density at radius 2 is 1.74 bits per heavy atom. The van der Waals surface area contributed by atoms with E-state index in [-0.39, 0.29) is 0 Å².